The van der Waals surface area contributed by atoms with E-state index in [0.29, 0.717) is 19.7 Å². The van der Waals surface area contributed by atoms with Crippen LogP contribution in [0.3, 0.4) is 0 Å². The summed E-state index contributed by atoms with van der Waals surface area (Å²) in [7, 11) is 0. The van der Waals surface area contributed by atoms with Crippen molar-refractivity contribution >= 4 is 17.8 Å². The molecule has 0 radical (unpaired) electrons. The van der Waals surface area contributed by atoms with E-state index in [1.54, 1.807) is 4.90 Å². The zero-order valence-electron chi connectivity index (χ0n) is 22.7. The van der Waals surface area contributed by atoms with Crippen LogP contribution < -0.4 is 0 Å². The largest absolute Gasteiger partial charge is 0.465 e. The lowest BCUT2D eigenvalue weighted by atomic mass is 9.74. The van der Waals surface area contributed by atoms with Crippen LogP contribution >= 0.6 is 0 Å². The third kappa shape index (κ3) is 5.11. The molecule has 8 nitrogen and oxygen atoms in total. The summed E-state index contributed by atoms with van der Waals surface area (Å²) in [5, 5.41) is 9.12. The molecule has 0 bridgehead atoms. The van der Waals surface area contributed by atoms with Crippen molar-refractivity contribution in [2.24, 2.45) is 11.8 Å². The molecule has 1 spiro atoms. The molecule has 2 amide bonds. The van der Waals surface area contributed by atoms with Crippen LogP contribution in [-0.2, 0) is 23.9 Å². The van der Waals surface area contributed by atoms with Crippen LogP contribution in [0.25, 0.3) is 0 Å². The molecule has 0 aromatic carbocycles. The molecule has 2 unspecified atom stereocenters. The van der Waals surface area contributed by atoms with Crippen LogP contribution in [-0.4, -0.2) is 82.3 Å². The molecule has 8 heteroatoms. The minimum absolute atomic E-state index is 0.0282. The maximum Gasteiger partial charge on any atom is 0.313 e. The Kier molecular flexibility index (Phi) is 8.79. The van der Waals surface area contributed by atoms with Crippen molar-refractivity contribution in [2.45, 2.75) is 102 Å². The van der Waals surface area contributed by atoms with E-state index in [2.05, 4.69) is 13.8 Å². The first-order chi connectivity index (χ1) is 17.8. The average molecular weight is 517 g/mol. The van der Waals surface area contributed by atoms with Gasteiger partial charge in [0.2, 0.25) is 11.8 Å². The van der Waals surface area contributed by atoms with Gasteiger partial charge in [0.05, 0.1) is 18.1 Å². The number of hydrogen-bond acceptors (Lipinski definition) is 6. The van der Waals surface area contributed by atoms with Crippen molar-refractivity contribution in [1.29, 1.82) is 0 Å². The zero-order chi connectivity index (χ0) is 26.6. The van der Waals surface area contributed by atoms with Crippen molar-refractivity contribution in [3.05, 3.63) is 24.3 Å². The van der Waals surface area contributed by atoms with Crippen LogP contribution in [0.1, 0.15) is 78.6 Å². The normalized spacial score (nSPS) is 35.5. The summed E-state index contributed by atoms with van der Waals surface area (Å²) in [6.45, 7) is 7.35. The third-order valence-electron chi connectivity index (χ3n) is 8.58. The Balaban J connectivity index is 1.75. The van der Waals surface area contributed by atoms with E-state index in [-0.39, 0.29) is 24.5 Å². The van der Waals surface area contributed by atoms with Crippen molar-refractivity contribution in [3.8, 4) is 0 Å². The summed E-state index contributed by atoms with van der Waals surface area (Å²) in [5.74, 6) is -2.38. The topological polar surface area (TPSA) is 96.4 Å². The standard InChI is InChI=1S/C29H44N2O6/c1-4-14-21(2)30-18-13-16-29-22(23-27(35)36-20-12-8-5-9-15-28(23,3)37-29)25(33)31(24(29)26(30)34)17-10-6-7-11-19-32/h9,13,15-16,21-24,32H,4-8,10-12,14,17-20H2,1-3H3/b15-9-/t21?,22-,23+,24?,28-,29-/m0/s1. The first kappa shape index (κ1) is 27.8. The Bertz CT molecular complexity index is 918. The predicted molar refractivity (Wildman–Crippen MR) is 139 cm³/mol. The minimum atomic E-state index is -1.23. The number of cyclic esters (lactones) is 1. The van der Waals surface area contributed by atoms with Crippen LogP contribution in [0, 0.1) is 11.8 Å². The van der Waals surface area contributed by atoms with Gasteiger partial charge in [0.1, 0.15) is 17.6 Å². The molecule has 0 saturated carbocycles. The Hall–Kier alpha value is -2.19. The number of carbonyl (C=O) groups is 3. The average Bonchev–Trinajstić information content (AvgIpc) is 3.18. The fourth-order valence-corrected chi connectivity index (χ4v) is 6.77. The van der Waals surface area contributed by atoms with E-state index in [1.807, 2.05) is 36.1 Å². The number of amides is 2. The van der Waals surface area contributed by atoms with E-state index in [4.69, 9.17) is 14.6 Å². The van der Waals surface area contributed by atoms with E-state index in [0.717, 1.165) is 57.8 Å². The fourth-order valence-electron chi connectivity index (χ4n) is 6.77. The number of carbonyl (C=O) groups excluding carboxylic acids is 3. The monoisotopic (exact) mass is 516 g/mol. The van der Waals surface area contributed by atoms with Gasteiger partial charge in [0.15, 0.2) is 0 Å². The molecular weight excluding hydrogens is 472 g/mol. The third-order valence-corrected chi connectivity index (χ3v) is 8.58. The maximum atomic E-state index is 14.3. The highest BCUT2D eigenvalue weighted by atomic mass is 16.6. The zero-order valence-corrected chi connectivity index (χ0v) is 22.7. The molecule has 4 rings (SSSR count). The summed E-state index contributed by atoms with van der Waals surface area (Å²) in [6.07, 6.45) is 15.3. The molecule has 4 aliphatic heterocycles. The Labute approximate surface area is 221 Å². The number of hydrogen-bond donors (Lipinski definition) is 1. The van der Waals surface area contributed by atoms with Crippen molar-refractivity contribution in [2.75, 3.05) is 26.3 Å². The summed E-state index contributed by atoms with van der Waals surface area (Å²) in [6, 6.07) is -0.794. The molecule has 0 aromatic heterocycles. The minimum Gasteiger partial charge on any atom is -0.465 e. The Morgan fingerprint density at radius 3 is 2.59 bits per heavy atom. The van der Waals surface area contributed by atoms with Crippen LogP contribution in [0.15, 0.2) is 24.3 Å². The van der Waals surface area contributed by atoms with E-state index < -0.39 is 35.0 Å². The number of nitrogens with zero attached hydrogens (tertiary/aromatic N) is 2. The second-order valence-corrected chi connectivity index (χ2v) is 11.3. The maximum absolute atomic E-state index is 14.3. The summed E-state index contributed by atoms with van der Waals surface area (Å²) >= 11 is 0. The van der Waals surface area contributed by atoms with E-state index >= 15 is 0 Å². The molecule has 37 heavy (non-hydrogen) atoms. The highest BCUT2D eigenvalue weighted by molar-refractivity contribution is 5.99. The van der Waals surface area contributed by atoms with Crippen molar-refractivity contribution in [3.63, 3.8) is 0 Å². The number of rotatable bonds is 9. The second-order valence-electron chi connectivity index (χ2n) is 11.3. The van der Waals surface area contributed by atoms with Gasteiger partial charge in [-0.05, 0) is 52.4 Å². The SMILES string of the molecule is CCCC(C)N1CC=C[C@]23O[C@@]4(C)/C=C\CCCCOC(=O)[C@H]4[C@H]2C(=O)N(CCCCCCO)C3C1=O. The lowest BCUT2D eigenvalue weighted by molar-refractivity contribution is -0.160. The van der Waals surface area contributed by atoms with Crippen LogP contribution in [0.5, 0.6) is 0 Å². The van der Waals surface area contributed by atoms with Crippen molar-refractivity contribution in [1.82, 2.24) is 9.80 Å². The van der Waals surface area contributed by atoms with E-state index in [9.17, 15) is 14.4 Å². The smallest absolute Gasteiger partial charge is 0.313 e. The lowest BCUT2D eigenvalue weighted by Gasteiger charge is -2.39. The van der Waals surface area contributed by atoms with Gasteiger partial charge in [-0.3, -0.25) is 14.4 Å². The molecule has 1 N–H and O–H groups in total. The fraction of sp³-hybridized carbons (Fsp3) is 0.759. The Morgan fingerprint density at radius 2 is 1.84 bits per heavy atom. The first-order valence-electron chi connectivity index (χ1n) is 14.2. The number of esters is 1. The van der Waals surface area contributed by atoms with Gasteiger partial charge in [-0.15, -0.1) is 0 Å². The molecular formula is C29H44N2O6. The first-order valence-corrected chi connectivity index (χ1v) is 14.2. The van der Waals surface area contributed by atoms with Gasteiger partial charge in [-0.1, -0.05) is 50.5 Å². The number of unbranched alkanes of at least 4 members (excludes halogenated alkanes) is 3. The summed E-state index contributed by atoms with van der Waals surface area (Å²) < 4.78 is 12.5. The molecule has 6 atom stereocenters. The number of ether oxygens (including phenoxy) is 2. The summed E-state index contributed by atoms with van der Waals surface area (Å²) in [4.78, 5) is 45.5. The molecule has 2 fully saturated rings. The molecule has 4 aliphatic rings. The van der Waals surface area contributed by atoms with Gasteiger partial charge in [-0.2, -0.15) is 0 Å². The van der Waals surface area contributed by atoms with Gasteiger partial charge < -0.3 is 24.4 Å². The second kappa shape index (κ2) is 11.7. The van der Waals surface area contributed by atoms with E-state index in [1.165, 1.54) is 0 Å². The van der Waals surface area contributed by atoms with Gasteiger partial charge in [-0.25, -0.2) is 0 Å². The number of allylic oxidation sites excluding steroid dienone is 1. The molecule has 0 aliphatic carbocycles. The number of aliphatic hydroxyl groups excluding tert-OH is 1. The predicted octanol–water partition coefficient (Wildman–Crippen LogP) is 3.38. The molecule has 206 valence electrons. The highest BCUT2D eigenvalue weighted by Gasteiger charge is 2.74. The number of aliphatic hydroxyl groups is 1. The number of likely N-dealkylation sites (tertiary alicyclic amines) is 1. The summed E-state index contributed by atoms with van der Waals surface area (Å²) in [5.41, 5.74) is -2.27. The van der Waals surface area contributed by atoms with Crippen LogP contribution in [0.2, 0.25) is 0 Å². The van der Waals surface area contributed by atoms with Gasteiger partial charge in [0.25, 0.3) is 0 Å². The molecule has 4 heterocycles. The van der Waals surface area contributed by atoms with Crippen LogP contribution in [0.4, 0.5) is 0 Å². The number of fused-ring (bicyclic) bond motifs is 2. The molecule has 2 saturated heterocycles. The quantitative estimate of drug-likeness (QED) is 0.287. The molecule has 0 aromatic rings. The lowest BCUT2D eigenvalue weighted by Crippen LogP contribution is -2.57. The van der Waals surface area contributed by atoms with Gasteiger partial charge >= 0.3 is 5.97 Å². The van der Waals surface area contributed by atoms with Crippen molar-refractivity contribution < 1.29 is 29.0 Å². The van der Waals surface area contributed by atoms with Gasteiger partial charge in [0, 0.05) is 25.7 Å². The highest BCUT2D eigenvalue weighted by Crippen LogP contribution is 2.57. The Morgan fingerprint density at radius 1 is 1.05 bits per heavy atom.